The molecule has 0 bridgehead atoms. The summed E-state index contributed by atoms with van der Waals surface area (Å²) in [6.07, 6.45) is 4.56. The van der Waals surface area contributed by atoms with E-state index >= 15 is 0 Å². The van der Waals surface area contributed by atoms with E-state index in [0.29, 0.717) is 18.0 Å². The highest BCUT2D eigenvalue weighted by atomic mass is 19.1. The van der Waals surface area contributed by atoms with Gasteiger partial charge in [0.05, 0.1) is 5.41 Å². The summed E-state index contributed by atoms with van der Waals surface area (Å²) >= 11 is 0. The molecule has 0 aromatic heterocycles. The molecule has 5 heteroatoms. The van der Waals surface area contributed by atoms with E-state index in [1.807, 2.05) is 6.07 Å². The normalized spacial score (nSPS) is 21.6. The second kappa shape index (κ2) is 8.18. The standard InChI is InChI=1S/C27H33FN2O2/c1-26(2)16-20-6-5-7-21(24(20)32-26)18-30-14-10-19(11-15-30)17-29-25(31)27(12-13-27)22-8-3-4-9-23(22)28/h3-9,19H,10-18H2,1-2H3,(H,29,31). The van der Waals surface area contributed by atoms with Crippen molar-refractivity contribution in [2.24, 2.45) is 5.92 Å². The average molecular weight is 437 g/mol. The van der Waals surface area contributed by atoms with Crippen LogP contribution in [-0.2, 0) is 23.2 Å². The lowest BCUT2D eigenvalue weighted by molar-refractivity contribution is -0.123. The van der Waals surface area contributed by atoms with Gasteiger partial charge in [-0.25, -0.2) is 4.39 Å². The number of nitrogens with one attached hydrogen (secondary N) is 1. The van der Waals surface area contributed by atoms with Crippen molar-refractivity contribution < 1.29 is 13.9 Å². The monoisotopic (exact) mass is 436 g/mol. The van der Waals surface area contributed by atoms with E-state index in [1.54, 1.807) is 12.1 Å². The highest BCUT2D eigenvalue weighted by Gasteiger charge is 2.52. The van der Waals surface area contributed by atoms with Crippen molar-refractivity contribution >= 4 is 5.91 Å². The molecule has 5 rings (SSSR count). The Labute approximate surface area is 190 Å². The van der Waals surface area contributed by atoms with E-state index in [-0.39, 0.29) is 17.3 Å². The predicted octanol–water partition coefficient (Wildman–Crippen LogP) is 4.60. The maximum atomic E-state index is 14.2. The Kier molecular flexibility index (Phi) is 5.48. The van der Waals surface area contributed by atoms with Crippen LogP contribution in [0.2, 0.25) is 0 Å². The molecule has 2 aliphatic heterocycles. The number of rotatable bonds is 6. The lowest BCUT2D eigenvalue weighted by Gasteiger charge is -2.32. The molecule has 1 N–H and O–H groups in total. The van der Waals surface area contributed by atoms with Gasteiger partial charge in [0.1, 0.15) is 17.2 Å². The smallest absolute Gasteiger partial charge is 0.230 e. The second-order valence-electron chi connectivity index (χ2n) is 10.4. The Bertz CT molecular complexity index is 1010. The van der Waals surface area contributed by atoms with E-state index in [1.165, 1.54) is 17.2 Å². The Morgan fingerprint density at radius 2 is 1.88 bits per heavy atom. The van der Waals surface area contributed by atoms with Gasteiger partial charge in [-0.2, -0.15) is 0 Å². The van der Waals surface area contributed by atoms with Crippen LogP contribution in [0.4, 0.5) is 4.39 Å². The molecule has 1 amide bonds. The molecule has 0 atom stereocenters. The van der Waals surface area contributed by atoms with Gasteiger partial charge < -0.3 is 10.1 Å². The number of amides is 1. The molecule has 2 aromatic carbocycles. The molecular formula is C27H33FN2O2. The van der Waals surface area contributed by atoms with Crippen LogP contribution in [0.5, 0.6) is 5.75 Å². The summed E-state index contributed by atoms with van der Waals surface area (Å²) < 4.78 is 20.5. The van der Waals surface area contributed by atoms with Gasteiger partial charge in [0.25, 0.3) is 0 Å². The van der Waals surface area contributed by atoms with Gasteiger partial charge in [0.15, 0.2) is 0 Å². The third-order valence-electron chi connectivity index (χ3n) is 7.40. The maximum absolute atomic E-state index is 14.2. The lowest BCUT2D eigenvalue weighted by atomic mass is 9.93. The highest BCUT2D eigenvalue weighted by molar-refractivity contribution is 5.91. The molecule has 4 nitrogen and oxygen atoms in total. The van der Waals surface area contributed by atoms with Gasteiger partial charge in [0.2, 0.25) is 5.91 Å². The number of carbonyl (C=O) groups is 1. The first kappa shape index (κ1) is 21.4. The largest absolute Gasteiger partial charge is 0.487 e. The van der Waals surface area contributed by atoms with Crippen LogP contribution in [0, 0.1) is 11.7 Å². The molecule has 2 heterocycles. The minimum absolute atomic E-state index is 0.00959. The lowest BCUT2D eigenvalue weighted by Crippen LogP contribution is -2.41. The number of carbonyl (C=O) groups excluding carboxylic acids is 1. The first-order valence-corrected chi connectivity index (χ1v) is 11.9. The van der Waals surface area contributed by atoms with Crippen LogP contribution >= 0.6 is 0 Å². The summed E-state index contributed by atoms with van der Waals surface area (Å²) in [6, 6.07) is 13.2. The minimum atomic E-state index is -0.645. The van der Waals surface area contributed by atoms with Crippen LogP contribution in [-0.4, -0.2) is 36.0 Å². The van der Waals surface area contributed by atoms with Gasteiger partial charge in [-0.1, -0.05) is 36.4 Å². The summed E-state index contributed by atoms with van der Waals surface area (Å²) in [5, 5.41) is 3.14. The summed E-state index contributed by atoms with van der Waals surface area (Å²) in [5.74, 6) is 1.27. The molecule has 170 valence electrons. The van der Waals surface area contributed by atoms with E-state index in [4.69, 9.17) is 4.74 Å². The van der Waals surface area contributed by atoms with Crippen molar-refractivity contribution in [3.8, 4) is 5.75 Å². The molecule has 0 unspecified atom stereocenters. The fourth-order valence-electron chi connectivity index (χ4n) is 5.39. The maximum Gasteiger partial charge on any atom is 0.230 e. The van der Waals surface area contributed by atoms with Crippen molar-refractivity contribution in [3.63, 3.8) is 0 Å². The van der Waals surface area contributed by atoms with Crippen LogP contribution in [0.1, 0.15) is 56.2 Å². The van der Waals surface area contributed by atoms with E-state index in [0.717, 1.165) is 57.5 Å². The van der Waals surface area contributed by atoms with Crippen molar-refractivity contribution in [2.45, 2.75) is 63.5 Å². The number of ether oxygens (including phenoxy) is 1. The average Bonchev–Trinajstić information content (AvgIpc) is 3.50. The number of hydrogen-bond donors (Lipinski definition) is 1. The SMILES string of the molecule is CC1(C)Cc2cccc(CN3CCC(CNC(=O)C4(c5ccccc5F)CC4)CC3)c2O1. The highest BCUT2D eigenvalue weighted by Crippen LogP contribution is 2.49. The van der Waals surface area contributed by atoms with Gasteiger partial charge >= 0.3 is 0 Å². The number of fused-ring (bicyclic) bond motifs is 1. The Morgan fingerprint density at radius 1 is 1.12 bits per heavy atom. The molecule has 3 aliphatic rings. The fraction of sp³-hybridized carbons (Fsp3) is 0.519. The fourth-order valence-corrected chi connectivity index (χ4v) is 5.39. The van der Waals surface area contributed by atoms with Crippen LogP contribution in [0.3, 0.4) is 0 Å². The predicted molar refractivity (Wildman–Crippen MR) is 123 cm³/mol. The second-order valence-corrected chi connectivity index (χ2v) is 10.4. The molecule has 1 saturated carbocycles. The number of benzene rings is 2. The van der Waals surface area contributed by atoms with Crippen molar-refractivity contribution in [3.05, 3.63) is 65.0 Å². The van der Waals surface area contributed by atoms with Crippen LogP contribution < -0.4 is 10.1 Å². The number of likely N-dealkylation sites (tertiary alicyclic amines) is 1. The van der Waals surface area contributed by atoms with Crippen LogP contribution in [0.25, 0.3) is 0 Å². The number of hydrogen-bond acceptors (Lipinski definition) is 3. The molecule has 1 aliphatic carbocycles. The van der Waals surface area contributed by atoms with Crippen LogP contribution in [0.15, 0.2) is 42.5 Å². The summed E-state index contributed by atoms with van der Waals surface area (Å²) in [4.78, 5) is 15.4. The molecule has 0 spiro atoms. The van der Waals surface area contributed by atoms with Gasteiger partial charge in [-0.3, -0.25) is 9.69 Å². The number of para-hydroxylation sites is 1. The Hall–Kier alpha value is -2.40. The topological polar surface area (TPSA) is 41.6 Å². The molecule has 2 aromatic rings. The number of nitrogens with zero attached hydrogens (tertiary/aromatic N) is 1. The molecule has 0 radical (unpaired) electrons. The first-order chi connectivity index (χ1) is 15.4. The third-order valence-corrected chi connectivity index (χ3v) is 7.40. The zero-order valence-corrected chi connectivity index (χ0v) is 19.1. The van der Waals surface area contributed by atoms with E-state index < -0.39 is 5.41 Å². The number of piperidine rings is 1. The third kappa shape index (κ3) is 4.15. The minimum Gasteiger partial charge on any atom is -0.487 e. The van der Waals surface area contributed by atoms with E-state index in [2.05, 4.69) is 42.3 Å². The van der Waals surface area contributed by atoms with Crippen molar-refractivity contribution in [1.29, 1.82) is 0 Å². The summed E-state index contributed by atoms with van der Waals surface area (Å²) in [5.41, 5.74) is 2.38. The van der Waals surface area contributed by atoms with Gasteiger partial charge in [-0.05, 0) is 70.2 Å². The zero-order valence-electron chi connectivity index (χ0n) is 19.1. The Morgan fingerprint density at radius 3 is 2.59 bits per heavy atom. The van der Waals surface area contributed by atoms with Gasteiger partial charge in [-0.15, -0.1) is 0 Å². The summed E-state index contributed by atoms with van der Waals surface area (Å²) in [7, 11) is 0. The Balaban J connectivity index is 1.12. The van der Waals surface area contributed by atoms with Gasteiger partial charge in [0, 0.05) is 30.6 Å². The number of halogens is 1. The summed E-state index contributed by atoms with van der Waals surface area (Å²) in [6.45, 7) is 7.93. The first-order valence-electron chi connectivity index (χ1n) is 11.9. The van der Waals surface area contributed by atoms with E-state index in [9.17, 15) is 9.18 Å². The van der Waals surface area contributed by atoms with Crippen molar-refractivity contribution in [1.82, 2.24) is 10.2 Å². The van der Waals surface area contributed by atoms with Crippen molar-refractivity contribution in [2.75, 3.05) is 19.6 Å². The molecular weight excluding hydrogens is 403 g/mol. The molecule has 1 saturated heterocycles. The molecule has 2 fully saturated rings. The quantitative estimate of drug-likeness (QED) is 0.720. The zero-order chi connectivity index (χ0) is 22.3. The molecule has 32 heavy (non-hydrogen) atoms.